The predicted octanol–water partition coefficient (Wildman–Crippen LogP) is 1.66. The van der Waals surface area contributed by atoms with Gasteiger partial charge in [-0.3, -0.25) is 0 Å². The van der Waals surface area contributed by atoms with Gasteiger partial charge in [0.05, 0.1) is 6.54 Å². The van der Waals surface area contributed by atoms with Crippen molar-refractivity contribution in [3.05, 3.63) is 17.7 Å². The minimum absolute atomic E-state index is 0.480. The molecule has 0 aromatic carbocycles. The van der Waals surface area contributed by atoms with E-state index in [1.165, 1.54) is 10.8 Å². The minimum atomic E-state index is -4.25. The molecule has 0 saturated heterocycles. The van der Waals surface area contributed by atoms with Gasteiger partial charge in [-0.05, 0) is 12.8 Å². The van der Waals surface area contributed by atoms with E-state index < -0.39 is 12.0 Å². The monoisotopic (exact) mass is 191 g/mol. The normalized spacial score (nSPS) is 17.2. The molecule has 13 heavy (non-hydrogen) atoms. The van der Waals surface area contributed by atoms with Crippen LogP contribution in [0.5, 0.6) is 0 Å². The molecule has 1 N–H and O–H groups in total. The Morgan fingerprint density at radius 2 is 2.08 bits per heavy atom. The summed E-state index contributed by atoms with van der Waals surface area (Å²) in [4.78, 5) is 2.29. The van der Waals surface area contributed by atoms with Gasteiger partial charge in [0.15, 0.2) is 0 Å². The van der Waals surface area contributed by atoms with Crippen molar-refractivity contribution in [3.8, 4) is 0 Å². The molecule has 1 aromatic rings. The quantitative estimate of drug-likeness (QED) is 0.602. The van der Waals surface area contributed by atoms with E-state index in [1.54, 1.807) is 0 Å². The Kier molecular flexibility index (Phi) is 1.82. The van der Waals surface area contributed by atoms with Crippen molar-refractivity contribution in [3.63, 3.8) is 0 Å². The molecule has 1 aliphatic heterocycles. The third-order valence-electron chi connectivity index (χ3n) is 2.33. The van der Waals surface area contributed by atoms with Crippen molar-refractivity contribution in [2.75, 3.05) is 0 Å². The molecular formula is C8H10F3N2+. The van der Waals surface area contributed by atoms with Gasteiger partial charge >= 0.3 is 12.0 Å². The van der Waals surface area contributed by atoms with E-state index in [0.29, 0.717) is 6.54 Å². The van der Waals surface area contributed by atoms with E-state index in [2.05, 4.69) is 4.98 Å². The van der Waals surface area contributed by atoms with Crippen LogP contribution in [-0.2, 0) is 19.1 Å². The zero-order chi connectivity index (χ0) is 9.47. The van der Waals surface area contributed by atoms with E-state index in [-0.39, 0.29) is 0 Å². The lowest BCUT2D eigenvalue weighted by molar-refractivity contribution is -0.725. The average Bonchev–Trinajstić information content (AvgIpc) is 2.45. The van der Waals surface area contributed by atoms with Gasteiger partial charge in [-0.15, -0.1) is 0 Å². The lowest BCUT2D eigenvalue weighted by Crippen LogP contribution is -2.45. The third-order valence-corrected chi connectivity index (χ3v) is 2.33. The second kappa shape index (κ2) is 2.75. The number of aromatic nitrogens is 2. The van der Waals surface area contributed by atoms with Crippen LogP contribution < -0.4 is 4.57 Å². The van der Waals surface area contributed by atoms with E-state index >= 15 is 0 Å². The largest absolute Gasteiger partial charge is 0.494 e. The van der Waals surface area contributed by atoms with Crippen LogP contribution in [0.1, 0.15) is 24.4 Å². The van der Waals surface area contributed by atoms with Gasteiger partial charge in [0, 0.05) is 6.42 Å². The lowest BCUT2D eigenvalue weighted by Gasteiger charge is -2.10. The maximum Gasteiger partial charge on any atom is 0.494 e. The maximum atomic E-state index is 12.4. The molecule has 2 rings (SSSR count). The molecule has 0 unspecified atom stereocenters. The molecular weight excluding hydrogens is 181 g/mol. The van der Waals surface area contributed by atoms with Crippen LogP contribution in [0.2, 0.25) is 0 Å². The van der Waals surface area contributed by atoms with Gasteiger partial charge in [-0.25, -0.2) is 9.55 Å². The summed E-state index contributed by atoms with van der Waals surface area (Å²) in [5.74, 6) is -0.623. The SMILES string of the molecule is FC(F)(F)c1[nH]cc2[n+]1CCCC2. The summed E-state index contributed by atoms with van der Waals surface area (Å²) in [6, 6.07) is 0. The molecule has 0 atom stereocenters. The highest BCUT2D eigenvalue weighted by atomic mass is 19.4. The van der Waals surface area contributed by atoms with Crippen LogP contribution in [0, 0.1) is 0 Å². The number of rotatable bonds is 0. The highest BCUT2D eigenvalue weighted by molar-refractivity contribution is 4.95. The smallest absolute Gasteiger partial charge is 0.239 e. The molecule has 0 spiro atoms. The van der Waals surface area contributed by atoms with Crippen LogP contribution in [0.3, 0.4) is 0 Å². The van der Waals surface area contributed by atoms with Crippen LogP contribution in [0.25, 0.3) is 0 Å². The van der Waals surface area contributed by atoms with E-state index in [1.807, 2.05) is 0 Å². The Balaban J connectivity index is 2.43. The number of nitrogens with zero attached hydrogens (tertiary/aromatic N) is 1. The molecule has 1 aromatic heterocycles. The van der Waals surface area contributed by atoms with Gasteiger partial charge in [0.25, 0.3) is 0 Å². The zero-order valence-electron chi connectivity index (χ0n) is 6.99. The molecule has 5 heteroatoms. The number of hydrogen-bond donors (Lipinski definition) is 1. The highest BCUT2D eigenvalue weighted by Crippen LogP contribution is 2.26. The molecule has 0 bridgehead atoms. The highest BCUT2D eigenvalue weighted by Gasteiger charge is 2.43. The van der Waals surface area contributed by atoms with Crippen molar-refractivity contribution < 1.29 is 17.7 Å². The molecule has 0 saturated carbocycles. The summed E-state index contributed by atoms with van der Waals surface area (Å²) in [7, 11) is 0. The van der Waals surface area contributed by atoms with Crippen LogP contribution in [0.4, 0.5) is 13.2 Å². The van der Waals surface area contributed by atoms with Crippen molar-refractivity contribution in [1.29, 1.82) is 0 Å². The first-order chi connectivity index (χ1) is 6.09. The first-order valence-corrected chi connectivity index (χ1v) is 4.26. The molecule has 2 nitrogen and oxygen atoms in total. The summed E-state index contributed by atoms with van der Waals surface area (Å²) < 4.78 is 38.4. The number of fused-ring (bicyclic) bond motifs is 1. The zero-order valence-corrected chi connectivity index (χ0v) is 6.99. The predicted molar refractivity (Wildman–Crippen MR) is 38.9 cm³/mol. The molecule has 1 aliphatic rings. The number of imidazole rings is 1. The Hall–Kier alpha value is -1.00. The van der Waals surface area contributed by atoms with E-state index in [4.69, 9.17) is 0 Å². The van der Waals surface area contributed by atoms with Crippen molar-refractivity contribution >= 4 is 0 Å². The van der Waals surface area contributed by atoms with Gasteiger partial charge in [0.2, 0.25) is 0 Å². The van der Waals surface area contributed by atoms with Gasteiger partial charge in [-0.1, -0.05) is 0 Å². The summed E-state index contributed by atoms with van der Waals surface area (Å²) in [5.41, 5.74) is 0.763. The van der Waals surface area contributed by atoms with Gasteiger partial charge in [-0.2, -0.15) is 13.2 Å². The number of hydrogen-bond acceptors (Lipinski definition) is 0. The number of halogens is 3. The van der Waals surface area contributed by atoms with E-state index in [9.17, 15) is 13.2 Å². The summed E-state index contributed by atoms with van der Waals surface area (Å²) in [6.45, 7) is 0.480. The number of H-pyrrole nitrogens is 1. The van der Waals surface area contributed by atoms with Gasteiger partial charge in [0.1, 0.15) is 11.9 Å². The lowest BCUT2D eigenvalue weighted by atomic mass is 10.1. The Morgan fingerprint density at radius 1 is 1.31 bits per heavy atom. The fourth-order valence-corrected chi connectivity index (χ4v) is 1.72. The molecule has 0 aliphatic carbocycles. The molecule has 0 radical (unpaired) electrons. The Bertz CT molecular complexity index is 314. The second-order valence-corrected chi connectivity index (χ2v) is 3.24. The van der Waals surface area contributed by atoms with Crippen molar-refractivity contribution in [2.45, 2.75) is 32.0 Å². The fraction of sp³-hybridized carbons (Fsp3) is 0.625. The molecule has 0 fully saturated rings. The van der Waals surface area contributed by atoms with E-state index in [0.717, 1.165) is 25.0 Å². The maximum absolute atomic E-state index is 12.4. The topological polar surface area (TPSA) is 19.7 Å². The number of aromatic amines is 1. The summed E-state index contributed by atoms with van der Waals surface area (Å²) in [6.07, 6.45) is -0.238. The molecule has 2 heterocycles. The minimum Gasteiger partial charge on any atom is -0.239 e. The Labute approximate surface area is 73.4 Å². The standard InChI is InChI=1S/C8H9F3N2/c9-8(10,11)7-12-5-6-3-1-2-4-13(6)7/h5H,1-4H2/p+1. The first kappa shape index (κ1) is 8.59. The first-order valence-electron chi connectivity index (χ1n) is 4.26. The number of alkyl halides is 3. The van der Waals surface area contributed by atoms with Crippen molar-refractivity contribution in [1.82, 2.24) is 4.98 Å². The second-order valence-electron chi connectivity index (χ2n) is 3.24. The fourth-order valence-electron chi connectivity index (χ4n) is 1.72. The van der Waals surface area contributed by atoms with Crippen LogP contribution >= 0.6 is 0 Å². The molecule has 72 valence electrons. The average molecular weight is 191 g/mol. The number of nitrogens with one attached hydrogen (secondary N) is 1. The van der Waals surface area contributed by atoms with Gasteiger partial charge < -0.3 is 0 Å². The van der Waals surface area contributed by atoms with Crippen LogP contribution in [-0.4, -0.2) is 4.98 Å². The molecule has 0 amide bonds. The third kappa shape index (κ3) is 1.43. The Morgan fingerprint density at radius 3 is 2.77 bits per heavy atom. The van der Waals surface area contributed by atoms with Crippen LogP contribution in [0.15, 0.2) is 6.20 Å². The summed E-state index contributed by atoms with van der Waals surface area (Å²) in [5, 5.41) is 0. The summed E-state index contributed by atoms with van der Waals surface area (Å²) >= 11 is 0. The van der Waals surface area contributed by atoms with Crippen molar-refractivity contribution in [2.24, 2.45) is 0 Å². The number of aryl methyl sites for hydroxylation is 1.